The van der Waals surface area contributed by atoms with Gasteiger partial charge in [-0.15, -0.1) is 0 Å². The number of amides is 1. The lowest BCUT2D eigenvalue weighted by molar-refractivity contribution is -0.0175. The van der Waals surface area contributed by atoms with Gasteiger partial charge in [-0.1, -0.05) is 6.92 Å². The molecular formula is C17H27N3O2. The highest BCUT2D eigenvalue weighted by atomic mass is 16.5. The highest BCUT2D eigenvalue weighted by Gasteiger charge is 2.37. The Hall–Kier alpha value is -1.36. The molecule has 0 aliphatic carbocycles. The smallest absolute Gasteiger partial charge is 0.257 e. The van der Waals surface area contributed by atoms with Crippen LogP contribution in [-0.2, 0) is 11.3 Å². The van der Waals surface area contributed by atoms with Crippen molar-refractivity contribution in [2.75, 3.05) is 26.3 Å². The van der Waals surface area contributed by atoms with Crippen LogP contribution in [0.2, 0.25) is 0 Å². The maximum atomic E-state index is 12.8. The Morgan fingerprint density at radius 1 is 1.27 bits per heavy atom. The second-order valence-electron chi connectivity index (χ2n) is 6.80. The second-order valence-corrected chi connectivity index (χ2v) is 6.80. The van der Waals surface area contributed by atoms with Crippen molar-refractivity contribution >= 4 is 5.91 Å². The predicted octanol–water partition coefficient (Wildman–Crippen LogP) is 2.63. The van der Waals surface area contributed by atoms with Crippen molar-refractivity contribution in [2.24, 2.45) is 5.41 Å². The van der Waals surface area contributed by atoms with Crippen LogP contribution in [0, 0.1) is 12.3 Å². The molecule has 1 amide bonds. The lowest BCUT2D eigenvalue weighted by atomic mass is 9.72. The van der Waals surface area contributed by atoms with Gasteiger partial charge in [0.2, 0.25) is 0 Å². The fourth-order valence-corrected chi connectivity index (χ4v) is 3.73. The fourth-order valence-electron chi connectivity index (χ4n) is 3.73. The van der Waals surface area contributed by atoms with E-state index in [1.807, 2.05) is 22.7 Å². The third-order valence-electron chi connectivity index (χ3n) is 5.29. The van der Waals surface area contributed by atoms with Crippen LogP contribution in [0.4, 0.5) is 0 Å². The molecular weight excluding hydrogens is 278 g/mol. The molecule has 5 nitrogen and oxygen atoms in total. The van der Waals surface area contributed by atoms with Crippen molar-refractivity contribution in [1.82, 2.24) is 14.7 Å². The van der Waals surface area contributed by atoms with Crippen molar-refractivity contribution in [3.8, 4) is 0 Å². The van der Waals surface area contributed by atoms with Crippen LogP contribution in [0.5, 0.6) is 0 Å². The van der Waals surface area contributed by atoms with Gasteiger partial charge in [0.1, 0.15) is 0 Å². The number of hydrogen-bond acceptors (Lipinski definition) is 3. The maximum absolute atomic E-state index is 12.8. The summed E-state index contributed by atoms with van der Waals surface area (Å²) in [6, 6.07) is 0. The number of nitrogens with zero attached hydrogens (tertiary/aromatic N) is 3. The first-order chi connectivity index (χ1) is 10.6. The zero-order valence-corrected chi connectivity index (χ0v) is 13.8. The van der Waals surface area contributed by atoms with E-state index in [-0.39, 0.29) is 5.91 Å². The van der Waals surface area contributed by atoms with Gasteiger partial charge in [0.25, 0.3) is 5.91 Å². The van der Waals surface area contributed by atoms with E-state index in [1.165, 1.54) is 0 Å². The van der Waals surface area contributed by atoms with Gasteiger partial charge in [0.05, 0.1) is 11.3 Å². The lowest BCUT2D eigenvalue weighted by Crippen LogP contribution is -2.45. The third-order valence-corrected chi connectivity index (χ3v) is 5.29. The first-order valence-corrected chi connectivity index (χ1v) is 8.55. The third kappa shape index (κ3) is 3.05. The minimum atomic E-state index is 0.154. The first kappa shape index (κ1) is 15.5. The minimum Gasteiger partial charge on any atom is -0.381 e. The van der Waals surface area contributed by atoms with E-state index in [0.29, 0.717) is 5.41 Å². The number of ether oxygens (including phenoxy) is 1. The Bertz CT molecular complexity index is 522. The SMILES string of the molecule is CCCn1cc(C(=O)N2CCC3(CCOCC3)CC2)c(C)n1. The van der Waals surface area contributed by atoms with Gasteiger partial charge in [-0.3, -0.25) is 9.48 Å². The summed E-state index contributed by atoms with van der Waals surface area (Å²) in [6.45, 7) is 8.44. The van der Waals surface area contributed by atoms with Crippen molar-refractivity contribution in [3.63, 3.8) is 0 Å². The molecule has 0 atom stereocenters. The Morgan fingerprint density at radius 3 is 2.59 bits per heavy atom. The average Bonchev–Trinajstić information content (AvgIpc) is 2.89. The van der Waals surface area contributed by atoms with Crippen LogP contribution in [0.25, 0.3) is 0 Å². The number of carbonyl (C=O) groups excluding carboxylic acids is 1. The topological polar surface area (TPSA) is 47.4 Å². The van der Waals surface area contributed by atoms with Gasteiger partial charge >= 0.3 is 0 Å². The standard InChI is InChI=1S/C17H27N3O2/c1-3-8-20-13-15(14(2)18-20)16(21)19-9-4-17(5-10-19)6-11-22-12-7-17/h13H,3-12H2,1-2H3. The summed E-state index contributed by atoms with van der Waals surface area (Å²) in [5, 5.41) is 4.45. The van der Waals surface area contributed by atoms with Crippen molar-refractivity contribution < 1.29 is 9.53 Å². The van der Waals surface area contributed by atoms with Gasteiger partial charge in [-0.2, -0.15) is 5.10 Å². The van der Waals surface area contributed by atoms with Crippen molar-refractivity contribution in [1.29, 1.82) is 0 Å². The van der Waals surface area contributed by atoms with Gasteiger partial charge in [0, 0.05) is 39.0 Å². The van der Waals surface area contributed by atoms with Crippen LogP contribution < -0.4 is 0 Å². The van der Waals surface area contributed by atoms with E-state index in [1.54, 1.807) is 0 Å². The van der Waals surface area contributed by atoms with Crippen LogP contribution in [0.15, 0.2) is 6.20 Å². The molecule has 1 spiro atoms. The first-order valence-electron chi connectivity index (χ1n) is 8.55. The Morgan fingerprint density at radius 2 is 1.95 bits per heavy atom. The molecule has 3 heterocycles. The number of rotatable bonds is 3. The maximum Gasteiger partial charge on any atom is 0.257 e. The monoisotopic (exact) mass is 305 g/mol. The Balaban J connectivity index is 1.64. The normalized spacial score (nSPS) is 21.3. The number of aromatic nitrogens is 2. The summed E-state index contributed by atoms with van der Waals surface area (Å²) in [5.74, 6) is 0.154. The van der Waals surface area contributed by atoms with E-state index in [9.17, 15) is 4.79 Å². The molecule has 1 aromatic rings. The molecule has 0 radical (unpaired) electrons. The van der Waals surface area contributed by atoms with Gasteiger partial charge < -0.3 is 9.64 Å². The molecule has 0 unspecified atom stereocenters. The van der Waals surface area contributed by atoms with Gasteiger partial charge in [-0.25, -0.2) is 0 Å². The number of hydrogen-bond donors (Lipinski definition) is 0. The molecule has 122 valence electrons. The molecule has 3 rings (SSSR count). The fraction of sp³-hybridized carbons (Fsp3) is 0.765. The zero-order chi connectivity index (χ0) is 15.6. The largest absolute Gasteiger partial charge is 0.381 e. The van der Waals surface area contributed by atoms with E-state index >= 15 is 0 Å². The molecule has 0 bridgehead atoms. The molecule has 0 saturated carbocycles. The Kier molecular flexibility index (Phi) is 4.52. The molecule has 0 aromatic carbocycles. The molecule has 22 heavy (non-hydrogen) atoms. The molecule has 2 aliphatic rings. The highest BCUT2D eigenvalue weighted by Crippen LogP contribution is 2.40. The van der Waals surface area contributed by atoms with Gasteiger partial charge in [-0.05, 0) is 44.4 Å². The number of aryl methyl sites for hydroxylation is 2. The second kappa shape index (κ2) is 6.41. The summed E-state index contributed by atoms with van der Waals surface area (Å²) in [4.78, 5) is 14.8. The number of carbonyl (C=O) groups is 1. The lowest BCUT2D eigenvalue weighted by Gasteiger charge is -2.44. The summed E-state index contributed by atoms with van der Waals surface area (Å²) in [7, 11) is 0. The average molecular weight is 305 g/mol. The van der Waals surface area contributed by atoms with Crippen LogP contribution in [-0.4, -0.2) is 46.9 Å². The molecule has 2 aliphatic heterocycles. The van der Waals surface area contributed by atoms with Gasteiger partial charge in [0.15, 0.2) is 0 Å². The predicted molar refractivity (Wildman–Crippen MR) is 84.9 cm³/mol. The summed E-state index contributed by atoms with van der Waals surface area (Å²) in [5.41, 5.74) is 2.05. The Labute approximate surface area is 132 Å². The molecule has 0 N–H and O–H groups in total. The molecule has 2 saturated heterocycles. The minimum absolute atomic E-state index is 0.154. The van der Waals surface area contributed by atoms with E-state index < -0.39 is 0 Å². The highest BCUT2D eigenvalue weighted by molar-refractivity contribution is 5.95. The van der Waals surface area contributed by atoms with E-state index in [2.05, 4.69) is 12.0 Å². The van der Waals surface area contributed by atoms with Crippen molar-refractivity contribution in [3.05, 3.63) is 17.5 Å². The molecule has 1 aromatic heterocycles. The summed E-state index contributed by atoms with van der Waals surface area (Å²) < 4.78 is 7.39. The summed E-state index contributed by atoms with van der Waals surface area (Å²) in [6.07, 6.45) is 7.49. The number of piperidine rings is 1. The number of likely N-dealkylation sites (tertiary alicyclic amines) is 1. The van der Waals surface area contributed by atoms with Crippen molar-refractivity contribution in [2.45, 2.75) is 52.5 Å². The van der Waals surface area contributed by atoms with E-state index in [0.717, 1.165) is 76.2 Å². The molecule has 2 fully saturated rings. The summed E-state index contributed by atoms with van der Waals surface area (Å²) >= 11 is 0. The van der Waals surface area contributed by atoms with Crippen LogP contribution in [0.1, 0.15) is 55.1 Å². The quantitative estimate of drug-likeness (QED) is 0.862. The molecule has 5 heteroatoms. The van der Waals surface area contributed by atoms with Crippen LogP contribution in [0.3, 0.4) is 0 Å². The van der Waals surface area contributed by atoms with E-state index in [4.69, 9.17) is 4.74 Å². The zero-order valence-electron chi connectivity index (χ0n) is 13.8. The van der Waals surface area contributed by atoms with Crippen LogP contribution >= 0.6 is 0 Å².